The van der Waals surface area contributed by atoms with Crippen LogP contribution in [0.15, 0.2) is 48.7 Å². The molecule has 1 fully saturated rings. The summed E-state index contributed by atoms with van der Waals surface area (Å²) in [5.74, 6) is 0.00249. The molecule has 0 aliphatic carbocycles. The number of pyridine rings is 1. The number of carbonyl (C=O) groups is 1. The molecule has 7 heteroatoms. The molecule has 2 unspecified atom stereocenters. The van der Waals surface area contributed by atoms with E-state index in [1.807, 2.05) is 50.4 Å². The molecular formula is C25H29N5OS. The fraction of sp³-hybridized carbons (Fsp3) is 0.320. The molecule has 32 heavy (non-hydrogen) atoms. The lowest BCUT2D eigenvalue weighted by Gasteiger charge is -2.28. The number of nitrogens with zero attached hydrogens (tertiary/aromatic N) is 3. The minimum absolute atomic E-state index is 0.00249. The predicted molar refractivity (Wildman–Crippen MR) is 133 cm³/mol. The van der Waals surface area contributed by atoms with Crippen LogP contribution in [-0.4, -0.2) is 20.6 Å². The minimum atomic E-state index is -0.0797. The van der Waals surface area contributed by atoms with Gasteiger partial charge in [0.1, 0.15) is 0 Å². The Morgan fingerprint density at radius 2 is 1.97 bits per heavy atom. The van der Waals surface area contributed by atoms with Crippen molar-refractivity contribution >= 4 is 34.6 Å². The maximum Gasteiger partial charge on any atom is 0.224 e. The number of thiocarbonyl (C=S) groups is 1. The molecule has 4 rings (SSSR count). The second-order valence-corrected chi connectivity index (χ2v) is 8.67. The second-order valence-electron chi connectivity index (χ2n) is 8.28. The first-order valence-electron chi connectivity index (χ1n) is 10.9. The Hall–Kier alpha value is -3.19. The summed E-state index contributed by atoms with van der Waals surface area (Å²) in [6.45, 7) is 8.11. The number of hydrogen-bond donors (Lipinski definition) is 2. The highest BCUT2D eigenvalue weighted by Gasteiger charge is 2.42. The molecule has 1 aliphatic rings. The number of hydrogen-bond acceptors (Lipinski definition) is 3. The summed E-state index contributed by atoms with van der Waals surface area (Å²) in [5.41, 5.74) is 7.37. The molecule has 166 valence electrons. The Morgan fingerprint density at radius 1 is 1.19 bits per heavy atom. The maximum atomic E-state index is 11.9. The molecule has 1 amide bonds. The van der Waals surface area contributed by atoms with Gasteiger partial charge in [0.05, 0.1) is 17.8 Å². The number of amides is 1. The zero-order valence-corrected chi connectivity index (χ0v) is 20.0. The molecule has 3 aromatic rings. The highest BCUT2D eigenvalue weighted by molar-refractivity contribution is 7.80. The average Bonchev–Trinajstić information content (AvgIpc) is 3.26. The van der Waals surface area contributed by atoms with Crippen molar-refractivity contribution in [1.82, 2.24) is 14.9 Å². The molecule has 2 atom stereocenters. The average molecular weight is 448 g/mol. The van der Waals surface area contributed by atoms with Crippen LogP contribution in [0.3, 0.4) is 0 Å². The lowest BCUT2D eigenvalue weighted by atomic mass is 9.96. The normalized spacial score (nSPS) is 18.0. The van der Waals surface area contributed by atoms with Crippen LogP contribution in [0.2, 0.25) is 0 Å². The van der Waals surface area contributed by atoms with Gasteiger partial charge in [0.2, 0.25) is 5.91 Å². The van der Waals surface area contributed by atoms with Crippen LogP contribution in [0, 0.1) is 20.8 Å². The Labute approximate surface area is 194 Å². The first kappa shape index (κ1) is 22.0. The first-order chi connectivity index (χ1) is 15.3. The summed E-state index contributed by atoms with van der Waals surface area (Å²) in [6, 6.07) is 14.1. The van der Waals surface area contributed by atoms with E-state index in [-0.39, 0.29) is 18.0 Å². The number of rotatable bonds is 5. The number of nitrogens with one attached hydrogen (secondary N) is 2. The first-order valence-corrected chi connectivity index (χ1v) is 11.3. The Morgan fingerprint density at radius 3 is 2.56 bits per heavy atom. The Kier molecular flexibility index (Phi) is 6.02. The van der Waals surface area contributed by atoms with E-state index in [4.69, 9.17) is 12.2 Å². The summed E-state index contributed by atoms with van der Waals surface area (Å²) < 4.78 is 2.21. The lowest BCUT2D eigenvalue weighted by molar-refractivity contribution is -0.115. The zero-order valence-electron chi connectivity index (χ0n) is 19.1. The fourth-order valence-corrected chi connectivity index (χ4v) is 4.66. The topological polar surface area (TPSA) is 62.2 Å². The van der Waals surface area contributed by atoms with Crippen LogP contribution >= 0.6 is 12.2 Å². The van der Waals surface area contributed by atoms with Gasteiger partial charge in [-0.05, 0) is 80.5 Å². The monoisotopic (exact) mass is 447 g/mol. The van der Waals surface area contributed by atoms with Crippen molar-refractivity contribution < 1.29 is 4.79 Å². The van der Waals surface area contributed by atoms with E-state index >= 15 is 0 Å². The smallest absolute Gasteiger partial charge is 0.224 e. The Bertz CT molecular complexity index is 1170. The van der Waals surface area contributed by atoms with Gasteiger partial charge in [-0.2, -0.15) is 0 Å². The van der Waals surface area contributed by atoms with Crippen molar-refractivity contribution in [3.05, 3.63) is 76.9 Å². The van der Waals surface area contributed by atoms with Gasteiger partial charge in [0, 0.05) is 42.4 Å². The molecule has 2 N–H and O–H groups in total. The summed E-state index contributed by atoms with van der Waals surface area (Å²) in [5, 5.41) is 7.14. The van der Waals surface area contributed by atoms with Gasteiger partial charge >= 0.3 is 0 Å². The van der Waals surface area contributed by atoms with Crippen LogP contribution in [-0.2, 0) is 11.8 Å². The third-order valence-electron chi connectivity index (χ3n) is 6.31. The summed E-state index contributed by atoms with van der Waals surface area (Å²) >= 11 is 5.83. The van der Waals surface area contributed by atoms with Crippen LogP contribution < -0.4 is 15.5 Å². The molecule has 1 aromatic carbocycles. The van der Waals surface area contributed by atoms with Gasteiger partial charge in [-0.25, -0.2) is 0 Å². The van der Waals surface area contributed by atoms with E-state index in [0.29, 0.717) is 11.5 Å². The van der Waals surface area contributed by atoms with Crippen molar-refractivity contribution in [1.29, 1.82) is 0 Å². The minimum Gasteiger partial charge on any atom is -0.352 e. The van der Waals surface area contributed by atoms with Crippen LogP contribution in [0.25, 0.3) is 0 Å². The van der Waals surface area contributed by atoms with E-state index in [9.17, 15) is 4.79 Å². The molecule has 1 saturated heterocycles. The molecule has 1 aliphatic heterocycles. The third kappa shape index (κ3) is 3.88. The molecule has 0 spiro atoms. The van der Waals surface area contributed by atoms with Gasteiger partial charge in [-0.3, -0.25) is 9.78 Å². The van der Waals surface area contributed by atoms with Gasteiger partial charge in [-0.15, -0.1) is 0 Å². The Balaban J connectivity index is 1.81. The van der Waals surface area contributed by atoms with Gasteiger partial charge in [-0.1, -0.05) is 13.0 Å². The maximum absolute atomic E-state index is 11.9. The standard InChI is InChI=1S/C25H29N5OS/c1-6-22(31)27-20-11-10-18(13-15(20)2)30-24(19-14-16(3)29(5)17(19)4)23(28-25(30)32)21-9-7-8-12-26-21/h7-14,23-24H,6H2,1-5H3,(H,27,31)(H,28,32). The zero-order chi connectivity index (χ0) is 23.0. The lowest BCUT2D eigenvalue weighted by Crippen LogP contribution is -2.29. The van der Waals surface area contributed by atoms with Crippen molar-refractivity contribution in [2.45, 2.75) is 46.2 Å². The molecular weight excluding hydrogens is 418 g/mol. The van der Waals surface area contributed by atoms with Crippen molar-refractivity contribution in [2.24, 2.45) is 7.05 Å². The largest absolute Gasteiger partial charge is 0.352 e. The number of aryl methyl sites for hydroxylation is 2. The van der Waals surface area contributed by atoms with Crippen LogP contribution in [0.1, 0.15) is 53.6 Å². The molecule has 6 nitrogen and oxygen atoms in total. The van der Waals surface area contributed by atoms with E-state index < -0.39 is 0 Å². The number of carbonyl (C=O) groups excluding carboxylic acids is 1. The summed E-state index contributed by atoms with van der Waals surface area (Å²) in [7, 11) is 2.09. The van der Waals surface area contributed by atoms with Crippen LogP contribution in [0.5, 0.6) is 0 Å². The quantitative estimate of drug-likeness (QED) is 0.547. The summed E-state index contributed by atoms with van der Waals surface area (Å²) in [6.07, 6.45) is 2.26. The SMILES string of the molecule is CCC(=O)Nc1ccc(N2C(=S)NC(c3ccccn3)C2c2cc(C)n(C)c2C)cc1C. The van der Waals surface area contributed by atoms with E-state index in [0.717, 1.165) is 22.6 Å². The number of aromatic nitrogens is 2. The van der Waals surface area contributed by atoms with E-state index in [1.165, 1.54) is 17.0 Å². The molecule has 0 radical (unpaired) electrons. The van der Waals surface area contributed by atoms with Crippen molar-refractivity contribution in [2.75, 3.05) is 10.2 Å². The fourth-order valence-electron chi connectivity index (χ4n) is 4.31. The van der Waals surface area contributed by atoms with Crippen molar-refractivity contribution in [3.63, 3.8) is 0 Å². The molecule has 0 saturated carbocycles. The van der Waals surface area contributed by atoms with Gasteiger partial charge < -0.3 is 20.1 Å². The molecule has 3 heterocycles. The highest BCUT2D eigenvalue weighted by atomic mass is 32.1. The van der Waals surface area contributed by atoms with E-state index in [1.54, 1.807) is 0 Å². The predicted octanol–water partition coefficient (Wildman–Crippen LogP) is 4.87. The van der Waals surface area contributed by atoms with Gasteiger partial charge in [0.25, 0.3) is 0 Å². The third-order valence-corrected chi connectivity index (χ3v) is 6.63. The van der Waals surface area contributed by atoms with Gasteiger partial charge in [0.15, 0.2) is 5.11 Å². The molecule has 2 aromatic heterocycles. The highest BCUT2D eigenvalue weighted by Crippen LogP contribution is 2.43. The molecule has 0 bridgehead atoms. The second kappa shape index (κ2) is 8.74. The van der Waals surface area contributed by atoms with E-state index in [2.05, 4.69) is 58.1 Å². The van der Waals surface area contributed by atoms with Crippen LogP contribution in [0.4, 0.5) is 11.4 Å². The summed E-state index contributed by atoms with van der Waals surface area (Å²) in [4.78, 5) is 18.7. The number of anilines is 2. The van der Waals surface area contributed by atoms with Crippen molar-refractivity contribution in [3.8, 4) is 0 Å². The number of benzene rings is 1.